The zero-order chi connectivity index (χ0) is 18.7. The Hall–Kier alpha value is -2.29. The Kier molecular flexibility index (Phi) is 5.36. The number of nitrogens with one attached hydrogen (secondary N) is 2. The van der Waals surface area contributed by atoms with Crippen molar-refractivity contribution in [2.45, 2.75) is 37.9 Å². The maximum Gasteiger partial charge on any atom is 0.471 e. The Bertz CT molecular complexity index is 784. The molecule has 2 aliphatic rings. The minimum Gasteiger partial charge on any atom is -0.318 e. The number of thioether (sulfide) groups is 1. The molecule has 2 N–H and O–H groups in total. The summed E-state index contributed by atoms with van der Waals surface area (Å²) in [7, 11) is 0. The van der Waals surface area contributed by atoms with Gasteiger partial charge in [0, 0.05) is 5.69 Å². The molecule has 9 heteroatoms. The van der Waals surface area contributed by atoms with Gasteiger partial charge in [0.05, 0.1) is 10.9 Å². The number of anilines is 1. The summed E-state index contributed by atoms with van der Waals surface area (Å²) in [5.74, 6) is -2.34. The van der Waals surface area contributed by atoms with E-state index in [0.29, 0.717) is 15.6 Å². The average Bonchev–Trinajstić information content (AvgIpc) is 3.17. The number of benzene rings is 1. The summed E-state index contributed by atoms with van der Waals surface area (Å²) in [6.45, 7) is 0. The van der Waals surface area contributed by atoms with E-state index in [4.69, 9.17) is 0 Å². The van der Waals surface area contributed by atoms with Crippen molar-refractivity contribution in [1.29, 1.82) is 0 Å². The number of amides is 2. The summed E-state index contributed by atoms with van der Waals surface area (Å²) in [6, 6.07) is 6.09. The lowest BCUT2D eigenvalue weighted by molar-refractivity contribution is -0.167. The molecule has 1 aromatic carbocycles. The lowest BCUT2D eigenvalue weighted by Crippen LogP contribution is -2.29. The third-order valence-electron chi connectivity index (χ3n) is 3.98. The Morgan fingerprint density at radius 1 is 1.31 bits per heavy atom. The van der Waals surface area contributed by atoms with Gasteiger partial charge in [-0.05, 0) is 48.4 Å². The van der Waals surface area contributed by atoms with Gasteiger partial charge < -0.3 is 10.6 Å². The predicted molar refractivity (Wildman–Crippen MR) is 94.5 cm³/mol. The number of carbonyl (C=O) groups is 2. The first-order valence-electron chi connectivity index (χ1n) is 8.08. The molecule has 3 rings (SSSR count). The van der Waals surface area contributed by atoms with Crippen molar-refractivity contribution in [3.05, 3.63) is 34.7 Å². The molecule has 0 atom stereocenters. The topological polar surface area (TPSA) is 70.6 Å². The molecule has 26 heavy (non-hydrogen) atoms. The highest BCUT2D eigenvalue weighted by molar-refractivity contribution is 8.18. The Labute approximate surface area is 152 Å². The lowest BCUT2D eigenvalue weighted by Gasteiger charge is -2.08. The number of nitrogens with zero attached hydrogens (tertiary/aromatic N) is 1. The van der Waals surface area contributed by atoms with Crippen LogP contribution in [0.5, 0.6) is 0 Å². The van der Waals surface area contributed by atoms with Crippen molar-refractivity contribution in [2.75, 3.05) is 5.32 Å². The number of halogens is 3. The highest BCUT2D eigenvalue weighted by atomic mass is 32.2. The van der Waals surface area contributed by atoms with E-state index >= 15 is 0 Å². The van der Waals surface area contributed by atoms with Crippen LogP contribution in [-0.4, -0.2) is 29.2 Å². The van der Waals surface area contributed by atoms with Gasteiger partial charge in [0.2, 0.25) is 0 Å². The summed E-state index contributed by atoms with van der Waals surface area (Å²) >= 11 is 1.21. The number of rotatable bonds is 3. The van der Waals surface area contributed by atoms with Crippen LogP contribution in [0.25, 0.3) is 6.08 Å². The number of amidine groups is 1. The SMILES string of the molecule is O=C1NC(=NC2CCCC2)S/C1=C\c1cccc(NC(=O)C(F)(F)F)c1. The zero-order valence-electron chi connectivity index (χ0n) is 13.6. The average molecular weight is 383 g/mol. The number of alkyl halides is 3. The zero-order valence-corrected chi connectivity index (χ0v) is 14.4. The van der Waals surface area contributed by atoms with Gasteiger partial charge in [-0.25, -0.2) is 0 Å². The Balaban J connectivity index is 1.72. The third kappa shape index (κ3) is 4.66. The molecule has 1 aliphatic carbocycles. The smallest absolute Gasteiger partial charge is 0.318 e. The van der Waals surface area contributed by atoms with Crippen LogP contribution in [0.4, 0.5) is 18.9 Å². The van der Waals surface area contributed by atoms with Gasteiger partial charge in [-0.1, -0.05) is 25.0 Å². The molecular weight excluding hydrogens is 367 g/mol. The molecule has 138 valence electrons. The molecule has 0 bridgehead atoms. The van der Waals surface area contributed by atoms with Gasteiger partial charge in [0.1, 0.15) is 0 Å². The summed E-state index contributed by atoms with van der Waals surface area (Å²) in [5.41, 5.74) is 0.509. The van der Waals surface area contributed by atoms with Crippen LogP contribution in [0, 0.1) is 0 Å². The molecule has 0 unspecified atom stereocenters. The van der Waals surface area contributed by atoms with E-state index in [0.717, 1.165) is 25.7 Å². The number of aliphatic imine (C=N–C) groups is 1. The van der Waals surface area contributed by atoms with E-state index in [1.807, 2.05) is 0 Å². The van der Waals surface area contributed by atoms with Crippen LogP contribution in [0.3, 0.4) is 0 Å². The molecule has 1 saturated carbocycles. The predicted octanol–water partition coefficient (Wildman–Crippen LogP) is 3.69. The van der Waals surface area contributed by atoms with Gasteiger partial charge in [-0.3, -0.25) is 14.6 Å². The van der Waals surface area contributed by atoms with Gasteiger partial charge in [0.15, 0.2) is 5.17 Å². The van der Waals surface area contributed by atoms with Gasteiger partial charge >= 0.3 is 12.1 Å². The van der Waals surface area contributed by atoms with Crippen LogP contribution in [0.15, 0.2) is 34.2 Å². The van der Waals surface area contributed by atoms with E-state index in [-0.39, 0.29) is 17.6 Å². The lowest BCUT2D eigenvalue weighted by atomic mass is 10.2. The van der Waals surface area contributed by atoms with Crippen molar-refractivity contribution in [2.24, 2.45) is 4.99 Å². The maximum absolute atomic E-state index is 12.3. The van der Waals surface area contributed by atoms with Crippen LogP contribution < -0.4 is 10.6 Å². The highest BCUT2D eigenvalue weighted by Gasteiger charge is 2.38. The fraction of sp³-hybridized carbons (Fsp3) is 0.353. The highest BCUT2D eigenvalue weighted by Crippen LogP contribution is 2.29. The Morgan fingerprint density at radius 3 is 2.73 bits per heavy atom. The normalized spacial score (nSPS) is 21.4. The van der Waals surface area contributed by atoms with Crippen molar-refractivity contribution in [3.63, 3.8) is 0 Å². The number of carbonyl (C=O) groups excluding carboxylic acids is 2. The molecule has 1 aliphatic heterocycles. The van der Waals surface area contributed by atoms with Gasteiger partial charge in [-0.15, -0.1) is 0 Å². The Morgan fingerprint density at radius 2 is 2.04 bits per heavy atom. The summed E-state index contributed by atoms with van der Waals surface area (Å²) < 4.78 is 37.0. The molecule has 0 radical (unpaired) electrons. The largest absolute Gasteiger partial charge is 0.471 e. The first-order chi connectivity index (χ1) is 12.3. The molecule has 1 saturated heterocycles. The second kappa shape index (κ2) is 7.53. The monoisotopic (exact) mass is 383 g/mol. The second-order valence-electron chi connectivity index (χ2n) is 6.01. The minimum atomic E-state index is -4.96. The standard InChI is InChI=1S/C17H16F3N3O2S/c18-17(19,20)15(25)21-12-7-3-4-10(8-12)9-13-14(24)23-16(26-13)22-11-5-1-2-6-11/h3-4,7-9,11H,1-2,5-6H2,(H,21,25)(H,22,23,24)/b13-9-. The molecule has 1 heterocycles. The van der Waals surface area contributed by atoms with E-state index in [1.165, 1.54) is 30.0 Å². The van der Waals surface area contributed by atoms with E-state index in [1.54, 1.807) is 17.5 Å². The van der Waals surface area contributed by atoms with Gasteiger partial charge in [-0.2, -0.15) is 13.2 Å². The molecule has 1 aromatic rings. The quantitative estimate of drug-likeness (QED) is 0.782. The van der Waals surface area contributed by atoms with E-state index in [9.17, 15) is 22.8 Å². The minimum absolute atomic E-state index is 0.00456. The number of hydrogen-bond acceptors (Lipinski definition) is 4. The van der Waals surface area contributed by atoms with Crippen molar-refractivity contribution in [1.82, 2.24) is 5.32 Å². The fourth-order valence-electron chi connectivity index (χ4n) is 2.75. The van der Waals surface area contributed by atoms with Gasteiger partial charge in [0.25, 0.3) is 5.91 Å². The molecule has 5 nitrogen and oxygen atoms in total. The fourth-order valence-corrected chi connectivity index (χ4v) is 3.64. The molecule has 0 spiro atoms. The van der Waals surface area contributed by atoms with Crippen molar-refractivity contribution in [3.8, 4) is 0 Å². The third-order valence-corrected chi connectivity index (χ3v) is 4.90. The van der Waals surface area contributed by atoms with Crippen LogP contribution in [0.1, 0.15) is 31.2 Å². The molecule has 0 aromatic heterocycles. The second-order valence-corrected chi connectivity index (χ2v) is 7.05. The molecule has 2 fully saturated rings. The maximum atomic E-state index is 12.3. The summed E-state index contributed by atoms with van der Waals surface area (Å²) in [4.78, 5) is 28.0. The first kappa shape index (κ1) is 18.5. The summed E-state index contributed by atoms with van der Waals surface area (Å²) in [5, 5.41) is 5.05. The molecular formula is C17H16F3N3O2S. The first-order valence-corrected chi connectivity index (χ1v) is 8.90. The van der Waals surface area contributed by atoms with E-state index in [2.05, 4.69) is 10.3 Å². The van der Waals surface area contributed by atoms with E-state index < -0.39 is 12.1 Å². The van der Waals surface area contributed by atoms with Crippen molar-refractivity contribution < 1.29 is 22.8 Å². The van der Waals surface area contributed by atoms with Crippen LogP contribution >= 0.6 is 11.8 Å². The van der Waals surface area contributed by atoms with Crippen LogP contribution in [0.2, 0.25) is 0 Å². The number of hydrogen-bond donors (Lipinski definition) is 2. The molecule has 2 amide bonds. The summed E-state index contributed by atoms with van der Waals surface area (Å²) in [6.07, 6.45) is 0.903. The van der Waals surface area contributed by atoms with Crippen LogP contribution in [-0.2, 0) is 9.59 Å². The van der Waals surface area contributed by atoms with Crippen molar-refractivity contribution >= 4 is 40.5 Å².